The average molecular weight is 323 g/mol. The van der Waals surface area contributed by atoms with Crippen LogP contribution in [0.15, 0.2) is 14.6 Å². The third-order valence-electron chi connectivity index (χ3n) is 3.72. The Labute approximate surface area is 135 Å². The Balaban J connectivity index is 1.92. The molecule has 4 nitrogen and oxygen atoms in total. The summed E-state index contributed by atoms with van der Waals surface area (Å²) in [6, 6.07) is 0. The van der Waals surface area contributed by atoms with Gasteiger partial charge < -0.3 is 9.15 Å². The molecule has 0 amide bonds. The van der Waals surface area contributed by atoms with Crippen LogP contribution in [0.5, 0.6) is 6.08 Å². The van der Waals surface area contributed by atoms with Gasteiger partial charge in [0.2, 0.25) is 0 Å². The van der Waals surface area contributed by atoms with Gasteiger partial charge in [0.15, 0.2) is 0 Å². The molecule has 2 heterocycles. The highest BCUT2D eigenvalue weighted by atomic mass is 32.1. The van der Waals surface area contributed by atoms with Crippen LogP contribution in [0.2, 0.25) is 0 Å². The molecule has 0 aromatic carbocycles. The predicted molar refractivity (Wildman–Crippen MR) is 91.1 cm³/mol. The van der Waals surface area contributed by atoms with E-state index in [4.69, 9.17) is 9.15 Å². The van der Waals surface area contributed by atoms with Crippen molar-refractivity contribution in [2.75, 3.05) is 6.61 Å². The topological polar surface area (TPSA) is 52.3 Å². The zero-order valence-electron chi connectivity index (χ0n) is 13.7. The van der Waals surface area contributed by atoms with Crippen LogP contribution in [0, 0.1) is 0 Å². The lowest BCUT2D eigenvalue weighted by Crippen LogP contribution is -2.06. The van der Waals surface area contributed by atoms with Gasteiger partial charge in [0.1, 0.15) is 10.2 Å². The molecule has 0 spiro atoms. The van der Waals surface area contributed by atoms with Crippen LogP contribution in [-0.2, 0) is 0 Å². The molecular formula is C17H25NO3S. The molecule has 5 heteroatoms. The third kappa shape index (κ3) is 4.32. The smallest absolute Gasteiger partial charge is 0.397 e. The molecule has 0 saturated carbocycles. The van der Waals surface area contributed by atoms with E-state index in [-0.39, 0.29) is 17.6 Å². The molecule has 0 aliphatic carbocycles. The summed E-state index contributed by atoms with van der Waals surface area (Å²) in [6.45, 7) is 6.88. The molecule has 22 heavy (non-hydrogen) atoms. The second-order valence-electron chi connectivity index (χ2n) is 5.91. The Morgan fingerprint density at radius 3 is 2.68 bits per heavy atom. The number of aromatic nitrogens is 1. The lowest BCUT2D eigenvalue weighted by Gasteiger charge is -2.04. The molecule has 2 rings (SSSR count). The van der Waals surface area contributed by atoms with Crippen molar-refractivity contribution in [2.24, 2.45) is 0 Å². The lowest BCUT2D eigenvalue weighted by molar-refractivity contribution is 0.211. The molecule has 0 aliphatic heterocycles. The molecule has 0 aliphatic rings. The fraction of sp³-hybridized carbons (Fsp3) is 0.647. The van der Waals surface area contributed by atoms with E-state index in [0.717, 1.165) is 18.4 Å². The molecule has 0 radical (unpaired) electrons. The van der Waals surface area contributed by atoms with Gasteiger partial charge in [0.25, 0.3) is 0 Å². The van der Waals surface area contributed by atoms with E-state index < -0.39 is 0 Å². The normalized spacial score (nSPS) is 11.5. The molecule has 0 fully saturated rings. The Hall–Kier alpha value is -1.36. The van der Waals surface area contributed by atoms with Crippen molar-refractivity contribution < 1.29 is 9.15 Å². The van der Waals surface area contributed by atoms with Crippen molar-refractivity contribution in [2.45, 2.75) is 65.2 Å². The fourth-order valence-electron chi connectivity index (χ4n) is 2.41. The molecular weight excluding hydrogens is 298 g/mol. The van der Waals surface area contributed by atoms with Crippen molar-refractivity contribution in [1.82, 2.24) is 4.98 Å². The van der Waals surface area contributed by atoms with Gasteiger partial charge in [0.05, 0.1) is 6.61 Å². The first kappa shape index (κ1) is 17.0. The summed E-state index contributed by atoms with van der Waals surface area (Å²) in [5, 5.41) is 2.59. The number of hydrogen-bond donors (Lipinski definition) is 0. The summed E-state index contributed by atoms with van der Waals surface area (Å²) < 4.78 is 10.7. The Bertz CT molecular complexity index is 645. The maximum Gasteiger partial charge on any atom is 0.397 e. The van der Waals surface area contributed by atoms with Crippen molar-refractivity contribution in [3.8, 4) is 6.08 Å². The third-order valence-corrected chi connectivity index (χ3v) is 4.61. The monoisotopic (exact) mass is 323 g/mol. The maximum absolute atomic E-state index is 12.1. The van der Waals surface area contributed by atoms with E-state index >= 15 is 0 Å². The minimum Gasteiger partial charge on any atom is -0.450 e. The van der Waals surface area contributed by atoms with Gasteiger partial charge >= 0.3 is 11.7 Å². The first-order valence-electron chi connectivity index (χ1n) is 8.18. The average Bonchev–Trinajstić information content (AvgIpc) is 2.91. The van der Waals surface area contributed by atoms with Gasteiger partial charge in [-0.05, 0) is 23.3 Å². The first-order chi connectivity index (χ1) is 10.6. The number of fused-ring (bicyclic) bond motifs is 1. The van der Waals surface area contributed by atoms with Crippen molar-refractivity contribution in [1.29, 1.82) is 0 Å². The van der Waals surface area contributed by atoms with Gasteiger partial charge in [-0.25, -0.2) is 4.79 Å². The first-order valence-corrected chi connectivity index (χ1v) is 9.06. The standard InChI is InChI=1S/C17H25NO3S/c1-4-5-6-7-8-9-10-20-17-18-15-14(16(19)21-17)13(11-22-15)12(2)3/h11-12H,4-10H2,1-3H3. The molecule has 122 valence electrons. The van der Waals surface area contributed by atoms with Crippen molar-refractivity contribution in [3.63, 3.8) is 0 Å². The van der Waals surface area contributed by atoms with Gasteiger partial charge in [-0.1, -0.05) is 52.9 Å². The number of thiophene rings is 1. The number of unbranched alkanes of at least 4 members (excludes halogenated alkanes) is 5. The van der Waals surface area contributed by atoms with E-state index in [1.165, 1.54) is 37.0 Å². The highest BCUT2D eigenvalue weighted by Gasteiger charge is 2.15. The maximum atomic E-state index is 12.1. The number of nitrogens with zero attached hydrogens (tertiary/aromatic N) is 1. The van der Waals surface area contributed by atoms with E-state index in [9.17, 15) is 4.79 Å². The van der Waals surface area contributed by atoms with Gasteiger partial charge in [-0.15, -0.1) is 11.3 Å². The van der Waals surface area contributed by atoms with E-state index in [2.05, 4.69) is 25.8 Å². The van der Waals surface area contributed by atoms with Crippen LogP contribution >= 0.6 is 11.3 Å². The molecule has 0 N–H and O–H groups in total. The highest BCUT2D eigenvalue weighted by Crippen LogP contribution is 2.28. The largest absolute Gasteiger partial charge is 0.450 e. The fourth-order valence-corrected chi connectivity index (χ4v) is 3.49. The number of hydrogen-bond acceptors (Lipinski definition) is 5. The summed E-state index contributed by atoms with van der Waals surface area (Å²) in [5.74, 6) is 0.285. The summed E-state index contributed by atoms with van der Waals surface area (Å²) in [6.07, 6.45) is 7.27. The van der Waals surface area contributed by atoms with E-state index in [1.54, 1.807) is 0 Å². The van der Waals surface area contributed by atoms with Crippen molar-refractivity contribution >= 4 is 21.6 Å². The van der Waals surface area contributed by atoms with Crippen LogP contribution in [0.25, 0.3) is 10.2 Å². The Morgan fingerprint density at radius 1 is 1.23 bits per heavy atom. The molecule has 0 atom stereocenters. The minimum absolute atomic E-state index is 0.100. The summed E-state index contributed by atoms with van der Waals surface area (Å²) in [5.41, 5.74) is 0.664. The SMILES string of the molecule is CCCCCCCCOc1nc2scc(C(C)C)c2c(=O)o1. The zero-order valence-corrected chi connectivity index (χ0v) is 14.5. The highest BCUT2D eigenvalue weighted by molar-refractivity contribution is 7.16. The quantitative estimate of drug-likeness (QED) is 0.602. The lowest BCUT2D eigenvalue weighted by atomic mass is 10.1. The summed E-state index contributed by atoms with van der Waals surface area (Å²) in [4.78, 5) is 17.1. The Morgan fingerprint density at radius 2 is 1.95 bits per heavy atom. The molecule has 0 bridgehead atoms. The minimum atomic E-state index is -0.340. The van der Waals surface area contributed by atoms with Crippen LogP contribution in [0.4, 0.5) is 0 Å². The number of rotatable bonds is 9. The van der Waals surface area contributed by atoms with Crippen molar-refractivity contribution in [3.05, 3.63) is 21.4 Å². The predicted octanol–water partition coefficient (Wildman–Crippen LogP) is 5.11. The molecule has 2 aromatic rings. The summed E-state index contributed by atoms with van der Waals surface area (Å²) >= 11 is 1.47. The van der Waals surface area contributed by atoms with E-state index in [1.807, 2.05) is 5.38 Å². The molecule has 2 aromatic heterocycles. The zero-order chi connectivity index (χ0) is 15.9. The second kappa shape index (κ2) is 8.32. The van der Waals surface area contributed by atoms with Crippen LogP contribution in [-0.4, -0.2) is 11.6 Å². The molecule has 0 saturated heterocycles. The van der Waals surface area contributed by atoms with Crippen LogP contribution < -0.4 is 10.4 Å². The van der Waals surface area contributed by atoms with Gasteiger partial charge in [0, 0.05) is 0 Å². The van der Waals surface area contributed by atoms with Crippen LogP contribution in [0.3, 0.4) is 0 Å². The second-order valence-corrected chi connectivity index (χ2v) is 6.77. The molecule has 0 unspecified atom stereocenters. The van der Waals surface area contributed by atoms with Gasteiger partial charge in [-0.2, -0.15) is 4.98 Å². The summed E-state index contributed by atoms with van der Waals surface area (Å²) in [7, 11) is 0. The Kier molecular flexibility index (Phi) is 6.43. The van der Waals surface area contributed by atoms with Gasteiger partial charge in [-0.3, -0.25) is 0 Å². The number of ether oxygens (including phenoxy) is 1. The van der Waals surface area contributed by atoms with Crippen LogP contribution in [0.1, 0.15) is 70.8 Å². The van der Waals surface area contributed by atoms with E-state index in [0.29, 0.717) is 16.8 Å².